The SMILES string of the molecule is COc1cc(C)cc(C)c1C1CC(N)C1. The smallest absolute Gasteiger partial charge is 0.122 e. The molecule has 15 heavy (non-hydrogen) atoms. The van der Waals surface area contributed by atoms with E-state index in [2.05, 4.69) is 26.0 Å². The molecule has 0 atom stereocenters. The van der Waals surface area contributed by atoms with Crippen molar-refractivity contribution < 1.29 is 4.74 Å². The lowest BCUT2D eigenvalue weighted by Gasteiger charge is -2.34. The van der Waals surface area contributed by atoms with Crippen molar-refractivity contribution >= 4 is 0 Å². The van der Waals surface area contributed by atoms with Crippen LogP contribution in [0.4, 0.5) is 0 Å². The van der Waals surface area contributed by atoms with Crippen LogP contribution in [0.15, 0.2) is 12.1 Å². The number of rotatable bonds is 2. The summed E-state index contributed by atoms with van der Waals surface area (Å²) in [5.74, 6) is 1.64. The molecular weight excluding hydrogens is 186 g/mol. The monoisotopic (exact) mass is 205 g/mol. The van der Waals surface area contributed by atoms with Crippen molar-refractivity contribution in [1.29, 1.82) is 0 Å². The third-order valence-electron chi connectivity index (χ3n) is 3.30. The number of ether oxygens (including phenoxy) is 1. The molecule has 2 heteroatoms. The lowest BCUT2D eigenvalue weighted by molar-refractivity contribution is 0.332. The highest BCUT2D eigenvalue weighted by Crippen LogP contribution is 2.42. The van der Waals surface area contributed by atoms with Crippen molar-refractivity contribution in [2.45, 2.75) is 38.6 Å². The largest absolute Gasteiger partial charge is 0.496 e. The summed E-state index contributed by atoms with van der Waals surface area (Å²) in [6.45, 7) is 4.26. The molecule has 2 nitrogen and oxygen atoms in total. The minimum atomic E-state index is 0.389. The summed E-state index contributed by atoms with van der Waals surface area (Å²) in [6.07, 6.45) is 2.19. The Bertz CT molecular complexity index is 367. The molecule has 0 aliphatic heterocycles. The van der Waals surface area contributed by atoms with Crippen molar-refractivity contribution in [3.63, 3.8) is 0 Å². The zero-order valence-corrected chi connectivity index (χ0v) is 9.71. The fraction of sp³-hybridized carbons (Fsp3) is 0.538. The Morgan fingerprint density at radius 1 is 1.27 bits per heavy atom. The molecule has 1 aromatic rings. The molecule has 1 saturated carbocycles. The Hall–Kier alpha value is -1.02. The predicted octanol–water partition coefficient (Wildman–Crippen LogP) is 2.52. The highest BCUT2D eigenvalue weighted by Gasteiger charge is 2.30. The highest BCUT2D eigenvalue weighted by atomic mass is 16.5. The maximum atomic E-state index is 5.84. The summed E-state index contributed by atoms with van der Waals surface area (Å²) in [5.41, 5.74) is 9.80. The lowest BCUT2D eigenvalue weighted by atomic mass is 9.74. The van der Waals surface area contributed by atoms with Crippen LogP contribution in [0.25, 0.3) is 0 Å². The maximum absolute atomic E-state index is 5.84. The van der Waals surface area contributed by atoms with E-state index in [-0.39, 0.29) is 0 Å². The molecule has 0 unspecified atom stereocenters. The van der Waals surface area contributed by atoms with E-state index in [0.717, 1.165) is 18.6 Å². The third-order valence-corrected chi connectivity index (χ3v) is 3.30. The summed E-state index contributed by atoms with van der Waals surface area (Å²) < 4.78 is 5.46. The van der Waals surface area contributed by atoms with Crippen molar-refractivity contribution in [1.82, 2.24) is 0 Å². The van der Waals surface area contributed by atoms with Gasteiger partial charge in [-0.05, 0) is 49.8 Å². The van der Waals surface area contributed by atoms with E-state index in [1.165, 1.54) is 16.7 Å². The molecule has 1 aromatic carbocycles. The van der Waals surface area contributed by atoms with Gasteiger partial charge in [0, 0.05) is 11.6 Å². The van der Waals surface area contributed by atoms with Crippen LogP contribution in [0.5, 0.6) is 5.75 Å². The fourth-order valence-electron chi connectivity index (χ4n) is 2.53. The van der Waals surface area contributed by atoms with Crippen LogP contribution in [-0.4, -0.2) is 13.2 Å². The van der Waals surface area contributed by atoms with Gasteiger partial charge in [0.25, 0.3) is 0 Å². The summed E-state index contributed by atoms with van der Waals surface area (Å²) in [4.78, 5) is 0. The first-order valence-electron chi connectivity index (χ1n) is 5.52. The molecule has 0 heterocycles. The van der Waals surface area contributed by atoms with Crippen molar-refractivity contribution in [2.24, 2.45) is 5.73 Å². The maximum Gasteiger partial charge on any atom is 0.122 e. The third kappa shape index (κ3) is 1.86. The molecule has 1 aliphatic carbocycles. The molecule has 1 aliphatic rings. The molecule has 1 fully saturated rings. The Labute approximate surface area is 91.4 Å². The van der Waals surface area contributed by atoms with E-state index < -0.39 is 0 Å². The van der Waals surface area contributed by atoms with Crippen molar-refractivity contribution in [3.05, 3.63) is 28.8 Å². The molecule has 82 valence electrons. The van der Waals surface area contributed by atoms with Crippen LogP contribution in [0.2, 0.25) is 0 Å². The quantitative estimate of drug-likeness (QED) is 0.805. The van der Waals surface area contributed by atoms with Crippen molar-refractivity contribution in [2.75, 3.05) is 7.11 Å². The van der Waals surface area contributed by atoms with Gasteiger partial charge in [-0.1, -0.05) is 6.07 Å². The Morgan fingerprint density at radius 2 is 1.93 bits per heavy atom. The Balaban J connectivity index is 2.36. The second-order valence-corrected chi connectivity index (χ2v) is 4.63. The molecule has 0 bridgehead atoms. The Morgan fingerprint density at radius 3 is 2.47 bits per heavy atom. The first-order chi connectivity index (χ1) is 7.11. The van der Waals surface area contributed by atoms with Gasteiger partial charge < -0.3 is 10.5 Å². The average molecular weight is 205 g/mol. The number of methoxy groups -OCH3 is 1. The van der Waals surface area contributed by atoms with Crippen LogP contribution in [-0.2, 0) is 0 Å². The Kier molecular flexibility index (Phi) is 2.70. The van der Waals surface area contributed by atoms with Gasteiger partial charge in [0.15, 0.2) is 0 Å². The number of aryl methyl sites for hydroxylation is 2. The van der Waals surface area contributed by atoms with E-state index >= 15 is 0 Å². The second kappa shape index (κ2) is 3.86. The average Bonchev–Trinajstić information content (AvgIpc) is 2.13. The molecular formula is C13H19NO. The summed E-state index contributed by atoms with van der Waals surface area (Å²) >= 11 is 0. The summed E-state index contributed by atoms with van der Waals surface area (Å²) in [6, 6.07) is 4.73. The fourth-order valence-corrected chi connectivity index (χ4v) is 2.53. The predicted molar refractivity (Wildman–Crippen MR) is 62.4 cm³/mol. The van der Waals surface area contributed by atoms with E-state index in [9.17, 15) is 0 Å². The molecule has 2 N–H and O–H groups in total. The van der Waals surface area contributed by atoms with Crippen LogP contribution in [0.3, 0.4) is 0 Å². The topological polar surface area (TPSA) is 35.2 Å². The van der Waals surface area contributed by atoms with Crippen molar-refractivity contribution in [3.8, 4) is 5.75 Å². The second-order valence-electron chi connectivity index (χ2n) is 4.63. The zero-order valence-electron chi connectivity index (χ0n) is 9.71. The van der Waals surface area contributed by atoms with Gasteiger partial charge in [-0.2, -0.15) is 0 Å². The van der Waals surface area contributed by atoms with Gasteiger partial charge in [0.2, 0.25) is 0 Å². The zero-order chi connectivity index (χ0) is 11.0. The minimum absolute atomic E-state index is 0.389. The van der Waals surface area contributed by atoms with E-state index in [1.807, 2.05) is 0 Å². The first kappa shape index (κ1) is 10.5. The first-order valence-corrected chi connectivity index (χ1v) is 5.52. The van der Waals surface area contributed by atoms with Gasteiger partial charge in [0.1, 0.15) is 5.75 Å². The van der Waals surface area contributed by atoms with Crippen LogP contribution < -0.4 is 10.5 Å². The summed E-state index contributed by atoms with van der Waals surface area (Å²) in [5, 5.41) is 0. The molecule has 0 amide bonds. The van der Waals surface area contributed by atoms with Gasteiger partial charge in [-0.15, -0.1) is 0 Å². The number of benzene rings is 1. The van der Waals surface area contributed by atoms with Gasteiger partial charge in [-0.3, -0.25) is 0 Å². The lowest BCUT2D eigenvalue weighted by Crippen LogP contribution is -2.35. The highest BCUT2D eigenvalue weighted by molar-refractivity contribution is 5.46. The number of hydrogen-bond donors (Lipinski definition) is 1. The number of hydrogen-bond acceptors (Lipinski definition) is 2. The number of nitrogens with two attached hydrogens (primary N) is 1. The molecule has 0 radical (unpaired) electrons. The molecule has 2 rings (SSSR count). The minimum Gasteiger partial charge on any atom is -0.496 e. The summed E-state index contributed by atoms with van der Waals surface area (Å²) in [7, 11) is 1.75. The van der Waals surface area contributed by atoms with E-state index in [0.29, 0.717) is 12.0 Å². The molecule has 0 saturated heterocycles. The molecule has 0 spiro atoms. The standard InChI is InChI=1S/C13H19NO/c1-8-4-9(2)13(12(5-8)15-3)10-6-11(14)7-10/h4-5,10-11H,6-7,14H2,1-3H3. The van der Waals surface area contributed by atoms with Gasteiger partial charge in [0.05, 0.1) is 7.11 Å². The van der Waals surface area contributed by atoms with Crippen LogP contribution >= 0.6 is 0 Å². The van der Waals surface area contributed by atoms with Gasteiger partial charge >= 0.3 is 0 Å². The molecule has 0 aromatic heterocycles. The van der Waals surface area contributed by atoms with E-state index in [1.54, 1.807) is 7.11 Å². The van der Waals surface area contributed by atoms with Crippen LogP contribution in [0.1, 0.15) is 35.4 Å². The van der Waals surface area contributed by atoms with Gasteiger partial charge in [-0.25, -0.2) is 0 Å². The van der Waals surface area contributed by atoms with Crippen LogP contribution in [0, 0.1) is 13.8 Å². The normalized spacial score (nSPS) is 24.8. The van der Waals surface area contributed by atoms with E-state index in [4.69, 9.17) is 10.5 Å².